The molecule has 0 aliphatic carbocycles. The summed E-state index contributed by atoms with van der Waals surface area (Å²) in [5, 5.41) is 22.8. The van der Waals surface area contributed by atoms with Crippen LogP contribution in [0.1, 0.15) is 5.56 Å². The van der Waals surface area contributed by atoms with Gasteiger partial charge in [-0.15, -0.1) is 0 Å². The molecule has 3 aromatic rings. The van der Waals surface area contributed by atoms with Crippen molar-refractivity contribution in [2.45, 2.75) is 0 Å². The van der Waals surface area contributed by atoms with E-state index in [-0.39, 0.29) is 11.5 Å². The average Bonchev–Trinajstić information content (AvgIpc) is 2.58. The van der Waals surface area contributed by atoms with Crippen LogP contribution in [0.5, 0.6) is 11.5 Å². The summed E-state index contributed by atoms with van der Waals surface area (Å²) >= 11 is 0. The molecule has 0 unspecified atom stereocenters. The number of nitrogens with one attached hydrogen (secondary N) is 1. The summed E-state index contributed by atoms with van der Waals surface area (Å²) in [5.74, 6) is 0.280. The Hall–Kier alpha value is -3.41. The minimum Gasteiger partial charge on any atom is -0.508 e. The van der Waals surface area contributed by atoms with E-state index >= 15 is 0 Å². The number of phenolic OH excluding ortho intramolecular Hbond substituents is 2. The van der Waals surface area contributed by atoms with Gasteiger partial charge in [-0.25, -0.2) is 15.4 Å². The second-order valence-corrected chi connectivity index (χ2v) is 4.77. The molecule has 0 saturated heterocycles. The van der Waals surface area contributed by atoms with Gasteiger partial charge in [0.05, 0.1) is 6.21 Å². The first-order valence-corrected chi connectivity index (χ1v) is 6.91. The number of anilines is 1. The molecule has 0 saturated carbocycles. The molecule has 0 atom stereocenters. The van der Waals surface area contributed by atoms with E-state index in [4.69, 9.17) is 0 Å². The van der Waals surface area contributed by atoms with Gasteiger partial charge < -0.3 is 10.2 Å². The van der Waals surface area contributed by atoms with Gasteiger partial charge in [0, 0.05) is 29.6 Å². The Morgan fingerprint density at radius 3 is 2.35 bits per heavy atom. The molecule has 3 N–H and O–H groups in total. The summed E-state index contributed by atoms with van der Waals surface area (Å²) in [4.78, 5) is 8.37. The van der Waals surface area contributed by atoms with E-state index < -0.39 is 0 Å². The van der Waals surface area contributed by atoms with Gasteiger partial charge in [0.15, 0.2) is 0 Å². The normalized spacial score (nSPS) is 10.8. The fourth-order valence-corrected chi connectivity index (χ4v) is 1.97. The fourth-order valence-electron chi connectivity index (χ4n) is 1.97. The van der Waals surface area contributed by atoms with Crippen molar-refractivity contribution < 1.29 is 10.2 Å². The zero-order valence-corrected chi connectivity index (χ0v) is 12.1. The lowest BCUT2D eigenvalue weighted by atomic mass is 10.1. The quantitative estimate of drug-likeness (QED) is 0.509. The van der Waals surface area contributed by atoms with Crippen molar-refractivity contribution in [2.75, 3.05) is 5.43 Å². The van der Waals surface area contributed by atoms with Crippen molar-refractivity contribution in [2.24, 2.45) is 5.10 Å². The molecule has 0 radical (unpaired) electrons. The summed E-state index contributed by atoms with van der Waals surface area (Å²) in [7, 11) is 0. The molecule has 0 fully saturated rings. The molecule has 6 nitrogen and oxygen atoms in total. The van der Waals surface area contributed by atoms with Crippen molar-refractivity contribution in [1.82, 2.24) is 9.97 Å². The van der Waals surface area contributed by atoms with E-state index in [0.29, 0.717) is 11.5 Å². The van der Waals surface area contributed by atoms with Crippen LogP contribution in [0.2, 0.25) is 0 Å². The maximum Gasteiger partial charge on any atom is 0.243 e. The van der Waals surface area contributed by atoms with Crippen LogP contribution in [-0.4, -0.2) is 26.4 Å². The van der Waals surface area contributed by atoms with Gasteiger partial charge in [-0.1, -0.05) is 30.3 Å². The first kappa shape index (κ1) is 14.5. The average molecular weight is 306 g/mol. The first-order valence-electron chi connectivity index (χ1n) is 6.91. The highest BCUT2D eigenvalue weighted by molar-refractivity contribution is 5.84. The van der Waals surface area contributed by atoms with Crippen LogP contribution in [0.25, 0.3) is 11.1 Å². The van der Waals surface area contributed by atoms with Crippen LogP contribution in [0.4, 0.5) is 5.95 Å². The third-order valence-corrected chi connectivity index (χ3v) is 3.14. The summed E-state index contributed by atoms with van der Waals surface area (Å²) in [5.41, 5.74) is 5.11. The zero-order valence-electron chi connectivity index (χ0n) is 12.1. The van der Waals surface area contributed by atoms with Gasteiger partial charge in [0.1, 0.15) is 11.5 Å². The third-order valence-electron chi connectivity index (χ3n) is 3.14. The van der Waals surface area contributed by atoms with Gasteiger partial charge in [-0.2, -0.15) is 5.10 Å². The lowest BCUT2D eigenvalue weighted by Gasteiger charge is -2.02. The Bertz CT molecular complexity index is 818. The van der Waals surface area contributed by atoms with E-state index in [9.17, 15) is 10.2 Å². The van der Waals surface area contributed by atoms with Crippen LogP contribution in [0, 0.1) is 0 Å². The second-order valence-electron chi connectivity index (χ2n) is 4.77. The van der Waals surface area contributed by atoms with E-state index in [2.05, 4.69) is 20.5 Å². The highest BCUT2D eigenvalue weighted by atomic mass is 16.3. The Morgan fingerprint density at radius 1 is 0.913 bits per heavy atom. The molecule has 23 heavy (non-hydrogen) atoms. The summed E-state index contributed by atoms with van der Waals surface area (Å²) < 4.78 is 0. The molecule has 1 aromatic heterocycles. The largest absolute Gasteiger partial charge is 0.508 e. The van der Waals surface area contributed by atoms with Gasteiger partial charge >= 0.3 is 0 Å². The summed E-state index contributed by atoms with van der Waals surface area (Å²) in [6.45, 7) is 0. The van der Waals surface area contributed by atoms with Gasteiger partial charge in [-0.05, 0) is 17.7 Å². The number of hydrogen-bond acceptors (Lipinski definition) is 6. The van der Waals surface area contributed by atoms with Crippen LogP contribution >= 0.6 is 0 Å². The molecule has 0 amide bonds. The van der Waals surface area contributed by atoms with Crippen molar-refractivity contribution in [3.63, 3.8) is 0 Å². The van der Waals surface area contributed by atoms with E-state index in [0.717, 1.165) is 11.1 Å². The number of nitrogens with zero attached hydrogens (tertiary/aromatic N) is 3. The van der Waals surface area contributed by atoms with Gasteiger partial charge in [0.25, 0.3) is 0 Å². The molecule has 1 heterocycles. The van der Waals surface area contributed by atoms with Crippen molar-refractivity contribution >= 4 is 12.2 Å². The van der Waals surface area contributed by atoms with Gasteiger partial charge in [-0.3, -0.25) is 0 Å². The lowest BCUT2D eigenvalue weighted by Crippen LogP contribution is -1.96. The Morgan fingerprint density at radius 2 is 1.65 bits per heavy atom. The number of aromatic nitrogens is 2. The Balaban J connectivity index is 1.68. The minimum absolute atomic E-state index is 0.00700. The van der Waals surface area contributed by atoms with Crippen LogP contribution in [-0.2, 0) is 0 Å². The van der Waals surface area contributed by atoms with Crippen LogP contribution < -0.4 is 5.43 Å². The molecule has 3 rings (SSSR count). The molecule has 0 bridgehead atoms. The molecule has 114 valence electrons. The molecular formula is C17H14N4O2. The third kappa shape index (κ3) is 3.62. The number of hydrogen-bond donors (Lipinski definition) is 3. The lowest BCUT2D eigenvalue weighted by molar-refractivity contribution is 0.450. The van der Waals surface area contributed by atoms with Crippen molar-refractivity contribution in [1.29, 1.82) is 0 Å². The van der Waals surface area contributed by atoms with E-state index in [1.54, 1.807) is 18.5 Å². The fraction of sp³-hybridized carbons (Fsp3) is 0. The Kier molecular flexibility index (Phi) is 4.15. The number of phenols is 2. The number of benzene rings is 2. The zero-order chi connectivity index (χ0) is 16.1. The van der Waals surface area contributed by atoms with E-state index in [1.807, 2.05) is 30.3 Å². The smallest absolute Gasteiger partial charge is 0.243 e. The minimum atomic E-state index is -0.0594. The highest BCUT2D eigenvalue weighted by Crippen LogP contribution is 2.21. The molecule has 2 aromatic carbocycles. The SMILES string of the molecule is Oc1ccc(C=NNc2ncc(-c3ccccc3)cn2)c(O)c1. The predicted octanol–water partition coefficient (Wildman–Crippen LogP) is 3.00. The monoisotopic (exact) mass is 306 g/mol. The molecule has 0 spiro atoms. The second kappa shape index (κ2) is 6.57. The number of aromatic hydroxyl groups is 2. The molecule has 0 aliphatic heterocycles. The predicted molar refractivity (Wildman–Crippen MR) is 88.5 cm³/mol. The Labute approximate surface area is 132 Å². The highest BCUT2D eigenvalue weighted by Gasteiger charge is 2.00. The van der Waals surface area contributed by atoms with Crippen molar-refractivity contribution in [3.8, 4) is 22.6 Å². The van der Waals surface area contributed by atoms with Crippen molar-refractivity contribution in [3.05, 3.63) is 66.5 Å². The van der Waals surface area contributed by atoms with Crippen LogP contribution in [0.15, 0.2) is 66.0 Å². The number of rotatable bonds is 4. The number of hydrazone groups is 1. The summed E-state index contributed by atoms with van der Waals surface area (Å²) in [6.07, 6.45) is 4.83. The molecule has 0 aliphatic rings. The maximum absolute atomic E-state index is 9.64. The molecular weight excluding hydrogens is 292 g/mol. The topological polar surface area (TPSA) is 90.6 Å². The maximum atomic E-state index is 9.64. The standard InChI is InChI=1S/C17H14N4O2/c22-15-7-6-13(16(23)8-15)11-20-21-17-18-9-14(10-19-17)12-4-2-1-3-5-12/h1-11,22-23H,(H,18,19,21). The van der Waals surface area contributed by atoms with E-state index in [1.165, 1.54) is 18.3 Å². The molecule has 6 heteroatoms. The van der Waals surface area contributed by atoms with Crippen LogP contribution in [0.3, 0.4) is 0 Å². The summed E-state index contributed by atoms with van der Waals surface area (Å²) in [6, 6.07) is 14.1. The first-order chi connectivity index (χ1) is 11.2. The van der Waals surface area contributed by atoms with Gasteiger partial charge in [0.2, 0.25) is 5.95 Å².